The first kappa shape index (κ1) is 23.5. The van der Waals surface area contributed by atoms with E-state index in [1.165, 1.54) is 17.0 Å². The number of carbonyl (C=O) groups is 1. The van der Waals surface area contributed by atoms with E-state index in [0.717, 1.165) is 18.5 Å². The lowest BCUT2D eigenvalue weighted by Crippen LogP contribution is -2.38. The molecule has 178 valence electrons. The zero-order chi connectivity index (χ0) is 24.4. The summed E-state index contributed by atoms with van der Waals surface area (Å²) in [6, 6.07) is 4.71. The van der Waals surface area contributed by atoms with Gasteiger partial charge < -0.3 is 20.1 Å². The third-order valence-electron chi connectivity index (χ3n) is 5.52. The topological polar surface area (TPSA) is 131 Å². The lowest BCUT2D eigenvalue weighted by Gasteiger charge is -2.29. The lowest BCUT2D eigenvalue weighted by molar-refractivity contribution is -0.385. The summed E-state index contributed by atoms with van der Waals surface area (Å²) in [5.74, 6) is -1.73. The van der Waals surface area contributed by atoms with Crippen molar-refractivity contribution in [2.75, 3.05) is 25.0 Å². The lowest BCUT2D eigenvalue weighted by atomic mass is 9.98. The Morgan fingerprint density at radius 2 is 1.91 bits per heavy atom. The van der Waals surface area contributed by atoms with Crippen molar-refractivity contribution in [3.63, 3.8) is 0 Å². The van der Waals surface area contributed by atoms with Gasteiger partial charge in [0, 0.05) is 29.7 Å². The number of nitrogens with one attached hydrogen (secondary N) is 1. The minimum absolute atomic E-state index is 0.0104. The Labute approximate surface area is 199 Å². The smallest absolute Gasteiger partial charge is 0.407 e. The summed E-state index contributed by atoms with van der Waals surface area (Å²) in [5.41, 5.74) is -0.541. The van der Waals surface area contributed by atoms with Crippen molar-refractivity contribution >= 4 is 50.1 Å². The van der Waals surface area contributed by atoms with E-state index in [1.807, 2.05) is 0 Å². The van der Waals surface area contributed by atoms with E-state index in [9.17, 15) is 23.7 Å². The molecule has 0 aliphatic carbocycles. The zero-order valence-electron chi connectivity index (χ0n) is 17.5. The molecule has 1 aliphatic rings. The number of amides is 1. The predicted octanol–water partition coefficient (Wildman–Crippen LogP) is 5.09. The molecule has 0 spiro atoms. The molecule has 1 aromatic heterocycles. The maximum absolute atomic E-state index is 14.3. The number of fused-ring (bicyclic) bond motifs is 1. The normalized spacial score (nSPS) is 14.3. The van der Waals surface area contributed by atoms with Gasteiger partial charge in [-0.15, -0.1) is 0 Å². The van der Waals surface area contributed by atoms with Crippen LogP contribution in [0.2, 0.25) is 0 Å². The van der Waals surface area contributed by atoms with Crippen LogP contribution < -0.4 is 10.1 Å². The van der Waals surface area contributed by atoms with Crippen molar-refractivity contribution < 1.29 is 28.3 Å². The molecule has 0 atom stereocenters. The monoisotopic (exact) mass is 537 g/mol. The maximum Gasteiger partial charge on any atom is 0.407 e. The molecule has 10 nitrogen and oxygen atoms in total. The van der Waals surface area contributed by atoms with E-state index in [0.29, 0.717) is 25.9 Å². The first-order valence-electron chi connectivity index (χ1n) is 10.2. The summed E-state index contributed by atoms with van der Waals surface area (Å²) in [5, 5.41) is 23.5. The van der Waals surface area contributed by atoms with Gasteiger partial charge in [-0.3, -0.25) is 10.1 Å². The number of hydrogen-bond donors (Lipinski definition) is 2. The summed E-state index contributed by atoms with van der Waals surface area (Å²) in [4.78, 5) is 31.5. The number of nitro benzene ring substituents is 1. The highest BCUT2D eigenvalue weighted by molar-refractivity contribution is 9.10. The Bertz CT molecular complexity index is 1250. The van der Waals surface area contributed by atoms with Crippen LogP contribution in [0.15, 0.2) is 35.1 Å². The van der Waals surface area contributed by atoms with Crippen LogP contribution in [0.1, 0.15) is 12.8 Å². The van der Waals surface area contributed by atoms with Gasteiger partial charge in [-0.05, 0) is 30.9 Å². The molecule has 0 radical (unpaired) electrons. The van der Waals surface area contributed by atoms with E-state index in [2.05, 4.69) is 31.2 Å². The summed E-state index contributed by atoms with van der Waals surface area (Å²) in [7, 11) is 0. The number of halogens is 3. The van der Waals surface area contributed by atoms with Crippen LogP contribution in [0.25, 0.3) is 10.9 Å². The Balaban J connectivity index is 1.60. The van der Waals surface area contributed by atoms with Crippen molar-refractivity contribution in [2.24, 2.45) is 5.92 Å². The summed E-state index contributed by atoms with van der Waals surface area (Å²) in [6.07, 6.45) is 1.34. The summed E-state index contributed by atoms with van der Waals surface area (Å²) >= 11 is 3.01. The van der Waals surface area contributed by atoms with Gasteiger partial charge in [-0.25, -0.2) is 23.5 Å². The quantitative estimate of drug-likeness (QED) is 0.328. The molecule has 0 unspecified atom stereocenters. The van der Waals surface area contributed by atoms with Gasteiger partial charge in [0.05, 0.1) is 22.4 Å². The molecular weight excluding hydrogens is 520 g/mol. The number of ether oxygens (including phenoxy) is 1. The molecule has 1 amide bonds. The first-order chi connectivity index (χ1) is 16.2. The van der Waals surface area contributed by atoms with Crippen molar-refractivity contribution in [1.82, 2.24) is 14.9 Å². The Kier molecular flexibility index (Phi) is 6.72. The van der Waals surface area contributed by atoms with Gasteiger partial charge in [0.1, 0.15) is 17.8 Å². The van der Waals surface area contributed by atoms with Gasteiger partial charge in [-0.1, -0.05) is 15.9 Å². The number of rotatable bonds is 6. The van der Waals surface area contributed by atoms with Crippen molar-refractivity contribution in [3.05, 3.63) is 56.8 Å². The third kappa shape index (κ3) is 4.98. The van der Waals surface area contributed by atoms with E-state index in [1.54, 1.807) is 0 Å². The van der Waals surface area contributed by atoms with E-state index < -0.39 is 28.3 Å². The fourth-order valence-corrected chi connectivity index (χ4v) is 4.11. The van der Waals surface area contributed by atoms with Crippen LogP contribution in [-0.2, 0) is 0 Å². The molecule has 34 heavy (non-hydrogen) atoms. The van der Waals surface area contributed by atoms with Crippen LogP contribution in [0.3, 0.4) is 0 Å². The third-order valence-corrected chi connectivity index (χ3v) is 5.98. The average Bonchev–Trinajstić information content (AvgIpc) is 2.79. The van der Waals surface area contributed by atoms with Gasteiger partial charge in [0.2, 0.25) is 0 Å². The van der Waals surface area contributed by atoms with Gasteiger partial charge in [0.25, 0.3) is 0 Å². The Morgan fingerprint density at radius 1 is 1.24 bits per heavy atom. The first-order valence-corrected chi connectivity index (χ1v) is 11.0. The standard InChI is InChI=1S/C21H18BrF2N5O5/c22-12-5-14(23)19(15(24)6-12)27-20-13-7-17(29(32)33)18(8-16(13)25-10-26-20)34-9-11-1-3-28(4-2-11)21(30)31/h5-8,10-11H,1-4,9H2,(H,30,31)(H,25,26,27). The van der Waals surface area contributed by atoms with Crippen LogP contribution in [0.5, 0.6) is 5.75 Å². The number of hydrogen-bond acceptors (Lipinski definition) is 7. The van der Waals surface area contributed by atoms with Crippen molar-refractivity contribution in [2.45, 2.75) is 12.8 Å². The number of likely N-dealkylation sites (tertiary alicyclic amines) is 1. The van der Waals surface area contributed by atoms with Crippen LogP contribution in [-0.4, -0.2) is 50.7 Å². The highest BCUT2D eigenvalue weighted by Gasteiger charge is 2.25. The van der Waals surface area contributed by atoms with E-state index in [4.69, 9.17) is 9.84 Å². The highest BCUT2D eigenvalue weighted by Crippen LogP contribution is 2.36. The number of benzene rings is 2. The fraction of sp³-hybridized carbons (Fsp3) is 0.286. The minimum Gasteiger partial charge on any atom is -0.486 e. The van der Waals surface area contributed by atoms with Gasteiger partial charge in [-0.2, -0.15) is 0 Å². The number of nitro groups is 1. The van der Waals surface area contributed by atoms with E-state index >= 15 is 0 Å². The summed E-state index contributed by atoms with van der Waals surface area (Å²) in [6.45, 7) is 0.911. The Morgan fingerprint density at radius 3 is 2.53 bits per heavy atom. The predicted molar refractivity (Wildman–Crippen MR) is 121 cm³/mol. The zero-order valence-corrected chi connectivity index (χ0v) is 19.1. The second-order valence-electron chi connectivity index (χ2n) is 7.71. The van der Waals surface area contributed by atoms with E-state index in [-0.39, 0.29) is 45.2 Å². The van der Waals surface area contributed by atoms with Gasteiger partial charge in [0.15, 0.2) is 17.4 Å². The molecule has 1 saturated heterocycles. The summed E-state index contributed by atoms with van der Waals surface area (Å²) < 4.78 is 34.5. The molecule has 13 heteroatoms. The largest absolute Gasteiger partial charge is 0.486 e. The van der Waals surface area contributed by atoms with Crippen LogP contribution >= 0.6 is 15.9 Å². The SMILES string of the molecule is O=C(O)N1CCC(COc2cc3ncnc(Nc4c(F)cc(Br)cc4F)c3cc2[N+](=O)[O-])CC1. The Hall–Kier alpha value is -3.61. The second-order valence-corrected chi connectivity index (χ2v) is 8.63. The number of anilines is 2. The number of carboxylic acid groups (broad SMARTS) is 1. The van der Waals surface area contributed by atoms with Crippen LogP contribution in [0, 0.1) is 27.7 Å². The molecule has 4 rings (SSSR count). The molecule has 0 bridgehead atoms. The molecule has 3 aromatic rings. The number of piperidine rings is 1. The van der Waals surface area contributed by atoms with Crippen molar-refractivity contribution in [3.8, 4) is 5.75 Å². The molecular formula is C21H18BrF2N5O5. The minimum atomic E-state index is -0.975. The molecule has 2 heterocycles. The van der Waals surface area contributed by atoms with Gasteiger partial charge >= 0.3 is 11.8 Å². The maximum atomic E-state index is 14.3. The van der Waals surface area contributed by atoms with Crippen molar-refractivity contribution in [1.29, 1.82) is 0 Å². The highest BCUT2D eigenvalue weighted by atomic mass is 79.9. The fourth-order valence-electron chi connectivity index (χ4n) is 3.71. The molecule has 1 aliphatic heterocycles. The molecule has 0 saturated carbocycles. The second kappa shape index (κ2) is 9.71. The number of aromatic nitrogens is 2. The van der Waals surface area contributed by atoms with Crippen LogP contribution in [0.4, 0.5) is 30.8 Å². The molecule has 1 fully saturated rings. The number of nitrogens with zero attached hydrogens (tertiary/aromatic N) is 4. The molecule has 2 N–H and O–H groups in total. The molecule has 2 aromatic carbocycles. The average molecular weight is 538 g/mol.